The normalized spacial score (nSPS) is 20.4. The molecule has 0 aliphatic carbocycles. The van der Waals surface area contributed by atoms with Crippen molar-refractivity contribution in [2.45, 2.75) is 45.7 Å². The molecule has 1 saturated heterocycles. The van der Waals surface area contributed by atoms with E-state index in [0.717, 1.165) is 39.0 Å². The van der Waals surface area contributed by atoms with Gasteiger partial charge in [0.15, 0.2) is 0 Å². The third kappa shape index (κ3) is 5.34. The number of hydrogen-bond donors (Lipinski definition) is 2. The largest absolute Gasteiger partial charge is 0.392 e. The van der Waals surface area contributed by atoms with Crippen molar-refractivity contribution in [2.75, 3.05) is 32.7 Å². The summed E-state index contributed by atoms with van der Waals surface area (Å²) in [6.45, 7) is 10.3. The molecule has 1 aliphatic rings. The van der Waals surface area contributed by atoms with Crippen LogP contribution in [0, 0.1) is 0 Å². The molecule has 116 valence electrons. The lowest BCUT2D eigenvalue weighted by Gasteiger charge is -2.38. The molecular formula is C14H28N4OS. The molecule has 0 saturated carbocycles. The van der Waals surface area contributed by atoms with Crippen LogP contribution in [0.3, 0.4) is 0 Å². The molecule has 0 spiro atoms. The van der Waals surface area contributed by atoms with Crippen molar-refractivity contribution in [3.05, 3.63) is 0 Å². The van der Waals surface area contributed by atoms with E-state index in [4.69, 9.17) is 18.0 Å². The van der Waals surface area contributed by atoms with Crippen molar-refractivity contribution in [2.24, 2.45) is 5.73 Å². The molecule has 2 unspecified atom stereocenters. The standard InChI is InChI=1S/C14H28N4OS/c1-4-11(3)16-13(19)10-17-6-8-18(9-7-17)12(5-2)14(15)20/h11-12H,4-10H2,1-3H3,(H2,15,20)(H,16,19). The summed E-state index contributed by atoms with van der Waals surface area (Å²) in [6.07, 6.45) is 1.91. The fourth-order valence-corrected chi connectivity index (χ4v) is 2.81. The van der Waals surface area contributed by atoms with Gasteiger partial charge in [-0.1, -0.05) is 26.1 Å². The Bertz CT molecular complexity index is 329. The van der Waals surface area contributed by atoms with Gasteiger partial charge < -0.3 is 11.1 Å². The van der Waals surface area contributed by atoms with Crippen LogP contribution in [0.4, 0.5) is 0 Å². The van der Waals surface area contributed by atoms with Crippen molar-refractivity contribution in [1.29, 1.82) is 0 Å². The quantitative estimate of drug-likeness (QED) is 0.674. The van der Waals surface area contributed by atoms with Gasteiger partial charge in [0.05, 0.1) is 17.6 Å². The second-order valence-corrected chi connectivity index (χ2v) is 5.99. The molecule has 1 amide bonds. The zero-order chi connectivity index (χ0) is 15.1. The molecular weight excluding hydrogens is 272 g/mol. The summed E-state index contributed by atoms with van der Waals surface area (Å²) in [4.78, 5) is 17.0. The molecule has 0 bridgehead atoms. The average molecular weight is 300 g/mol. The van der Waals surface area contributed by atoms with Crippen LogP contribution >= 0.6 is 12.2 Å². The van der Waals surface area contributed by atoms with E-state index in [1.165, 1.54) is 0 Å². The lowest BCUT2D eigenvalue weighted by molar-refractivity contribution is -0.123. The minimum atomic E-state index is 0.120. The van der Waals surface area contributed by atoms with Gasteiger partial charge in [-0.2, -0.15) is 0 Å². The molecule has 0 aromatic heterocycles. The Morgan fingerprint density at radius 1 is 1.25 bits per heavy atom. The zero-order valence-corrected chi connectivity index (χ0v) is 13.7. The number of carbonyl (C=O) groups is 1. The zero-order valence-electron chi connectivity index (χ0n) is 12.9. The van der Waals surface area contributed by atoms with Gasteiger partial charge in [0.2, 0.25) is 5.91 Å². The Balaban J connectivity index is 2.35. The van der Waals surface area contributed by atoms with Gasteiger partial charge in [-0.3, -0.25) is 14.6 Å². The van der Waals surface area contributed by atoms with Gasteiger partial charge in [0.25, 0.3) is 0 Å². The molecule has 1 rings (SSSR count). The molecule has 0 aromatic rings. The van der Waals surface area contributed by atoms with Crippen LogP contribution < -0.4 is 11.1 Å². The first kappa shape index (κ1) is 17.3. The maximum Gasteiger partial charge on any atom is 0.234 e. The number of hydrogen-bond acceptors (Lipinski definition) is 4. The van der Waals surface area contributed by atoms with Gasteiger partial charge in [0.1, 0.15) is 0 Å². The van der Waals surface area contributed by atoms with Crippen molar-refractivity contribution in [1.82, 2.24) is 15.1 Å². The van der Waals surface area contributed by atoms with E-state index in [1.54, 1.807) is 0 Å². The number of piperazine rings is 1. The summed E-state index contributed by atoms with van der Waals surface area (Å²) in [5, 5.41) is 3.01. The number of nitrogens with zero attached hydrogens (tertiary/aromatic N) is 2. The fourth-order valence-electron chi connectivity index (χ4n) is 2.50. The second kappa shape index (κ2) is 8.54. The highest BCUT2D eigenvalue weighted by molar-refractivity contribution is 7.80. The SMILES string of the molecule is CCC(C)NC(=O)CN1CCN(C(CC)C(N)=S)CC1. The smallest absolute Gasteiger partial charge is 0.234 e. The Kier molecular flexibility index (Phi) is 7.40. The highest BCUT2D eigenvalue weighted by Gasteiger charge is 2.25. The van der Waals surface area contributed by atoms with Crippen LogP contribution in [0.1, 0.15) is 33.6 Å². The molecule has 6 heteroatoms. The summed E-state index contributed by atoms with van der Waals surface area (Å²) in [5.74, 6) is 0.120. The molecule has 5 nitrogen and oxygen atoms in total. The number of amides is 1. The summed E-state index contributed by atoms with van der Waals surface area (Å²) < 4.78 is 0. The molecule has 1 fully saturated rings. The van der Waals surface area contributed by atoms with E-state index in [0.29, 0.717) is 11.5 Å². The first-order valence-electron chi connectivity index (χ1n) is 7.53. The highest BCUT2D eigenvalue weighted by atomic mass is 32.1. The number of rotatable bonds is 7. The summed E-state index contributed by atoms with van der Waals surface area (Å²) in [7, 11) is 0. The van der Waals surface area contributed by atoms with Crippen molar-refractivity contribution in [3.63, 3.8) is 0 Å². The van der Waals surface area contributed by atoms with Gasteiger partial charge >= 0.3 is 0 Å². The lowest BCUT2D eigenvalue weighted by atomic mass is 10.1. The molecule has 1 aliphatic heterocycles. The second-order valence-electron chi connectivity index (χ2n) is 5.52. The monoisotopic (exact) mass is 300 g/mol. The van der Waals surface area contributed by atoms with Crippen molar-refractivity contribution >= 4 is 23.1 Å². The van der Waals surface area contributed by atoms with E-state index in [2.05, 4.69) is 29.0 Å². The van der Waals surface area contributed by atoms with Gasteiger partial charge in [-0.15, -0.1) is 0 Å². The predicted octanol–water partition coefficient (Wildman–Crippen LogP) is 0.583. The van der Waals surface area contributed by atoms with E-state index in [1.807, 2.05) is 6.92 Å². The minimum Gasteiger partial charge on any atom is -0.392 e. The number of thiocarbonyl (C=S) groups is 1. The number of nitrogens with one attached hydrogen (secondary N) is 1. The maximum atomic E-state index is 11.9. The Morgan fingerprint density at radius 2 is 1.85 bits per heavy atom. The maximum absolute atomic E-state index is 11.9. The van der Waals surface area contributed by atoms with Crippen LogP contribution in [0.15, 0.2) is 0 Å². The lowest BCUT2D eigenvalue weighted by Crippen LogP contribution is -2.55. The van der Waals surface area contributed by atoms with Crippen LogP contribution in [-0.4, -0.2) is 65.5 Å². The van der Waals surface area contributed by atoms with Gasteiger partial charge in [0, 0.05) is 32.2 Å². The van der Waals surface area contributed by atoms with Crippen LogP contribution in [0.25, 0.3) is 0 Å². The third-order valence-electron chi connectivity index (χ3n) is 3.95. The summed E-state index contributed by atoms with van der Waals surface area (Å²) in [5.41, 5.74) is 5.78. The minimum absolute atomic E-state index is 0.120. The van der Waals surface area contributed by atoms with E-state index >= 15 is 0 Å². The van der Waals surface area contributed by atoms with Crippen LogP contribution in [0.5, 0.6) is 0 Å². The van der Waals surface area contributed by atoms with Gasteiger partial charge in [-0.25, -0.2) is 0 Å². The first-order valence-corrected chi connectivity index (χ1v) is 7.93. The van der Waals surface area contributed by atoms with Crippen LogP contribution in [-0.2, 0) is 4.79 Å². The topological polar surface area (TPSA) is 61.6 Å². The molecule has 0 radical (unpaired) electrons. The third-order valence-corrected chi connectivity index (χ3v) is 4.22. The first-order chi connectivity index (χ1) is 9.47. The van der Waals surface area contributed by atoms with E-state index < -0.39 is 0 Å². The van der Waals surface area contributed by atoms with Crippen molar-refractivity contribution in [3.8, 4) is 0 Å². The number of nitrogens with two attached hydrogens (primary N) is 1. The Labute approximate surface area is 127 Å². The van der Waals surface area contributed by atoms with Gasteiger partial charge in [-0.05, 0) is 19.8 Å². The van der Waals surface area contributed by atoms with E-state index in [-0.39, 0.29) is 18.0 Å². The number of carbonyl (C=O) groups excluding carboxylic acids is 1. The average Bonchev–Trinajstić information content (AvgIpc) is 2.40. The molecule has 1 heterocycles. The molecule has 3 N–H and O–H groups in total. The van der Waals surface area contributed by atoms with Crippen LogP contribution in [0.2, 0.25) is 0 Å². The highest BCUT2D eigenvalue weighted by Crippen LogP contribution is 2.09. The Morgan fingerprint density at radius 3 is 2.30 bits per heavy atom. The molecule has 2 atom stereocenters. The molecule has 0 aromatic carbocycles. The Hall–Kier alpha value is -0.720. The van der Waals surface area contributed by atoms with Crippen molar-refractivity contribution < 1.29 is 4.79 Å². The fraction of sp³-hybridized carbons (Fsp3) is 0.857. The summed E-state index contributed by atoms with van der Waals surface area (Å²) >= 11 is 5.12. The summed E-state index contributed by atoms with van der Waals surface area (Å²) in [6, 6.07) is 0.448. The molecule has 20 heavy (non-hydrogen) atoms. The van der Waals surface area contributed by atoms with E-state index in [9.17, 15) is 4.79 Å². The predicted molar refractivity (Wildman–Crippen MR) is 86.8 cm³/mol.